The van der Waals surface area contributed by atoms with E-state index in [-0.39, 0.29) is 6.04 Å². The third kappa shape index (κ3) is 2.34. The van der Waals surface area contributed by atoms with Crippen LogP contribution < -0.4 is 5.73 Å². The van der Waals surface area contributed by atoms with Gasteiger partial charge in [-0.15, -0.1) is 0 Å². The van der Waals surface area contributed by atoms with E-state index in [2.05, 4.69) is 20.1 Å². The van der Waals surface area contributed by atoms with Crippen molar-refractivity contribution < 1.29 is 9.26 Å². The predicted molar refractivity (Wildman–Crippen MR) is 70.7 cm³/mol. The molecule has 2 heterocycles. The maximum Gasteiger partial charge on any atom is 0.244 e. The average molecular weight is 277 g/mol. The summed E-state index contributed by atoms with van der Waals surface area (Å²) in [6.45, 7) is 0. The van der Waals surface area contributed by atoms with Crippen molar-refractivity contribution >= 4 is 0 Å². The molecular weight excluding hydrogens is 258 g/mol. The molecule has 3 rings (SSSR count). The molecule has 1 atom stereocenters. The second kappa shape index (κ2) is 5.34. The molecule has 0 radical (unpaired) electrons. The zero-order valence-corrected chi connectivity index (χ0v) is 11.5. The standard InChI is InChI=1S/C13H19N5O2/c1-19-13(4-2-3-5-13)12-17-11(20-18-12)10(14)6-9-7-15-8-16-9/h7-8,10H,2-6,14H2,1H3,(H,15,16). The second-order valence-corrected chi connectivity index (χ2v) is 5.25. The van der Waals surface area contributed by atoms with E-state index in [1.165, 1.54) is 0 Å². The molecule has 0 aliphatic heterocycles. The van der Waals surface area contributed by atoms with E-state index in [1.54, 1.807) is 19.6 Å². The number of nitrogens with zero attached hydrogens (tertiary/aromatic N) is 3. The number of hydrogen-bond acceptors (Lipinski definition) is 6. The van der Waals surface area contributed by atoms with Crippen LogP contribution in [-0.4, -0.2) is 27.2 Å². The Hall–Kier alpha value is -1.73. The largest absolute Gasteiger partial charge is 0.370 e. The molecule has 3 N–H and O–H groups in total. The zero-order valence-electron chi connectivity index (χ0n) is 11.5. The van der Waals surface area contributed by atoms with Gasteiger partial charge >= 0.3 is 0 Å². The predicted octanol–water partition coefficient (Wildman–Crippen LogP) is 1.45. The van der Waals surface area contributed by atoms with Crippen LogP contribution in [0, 0.1) is 0 Å². The molecule has 0 aromatic carbocycles. The van der Waals surface area contributed by atoms with Crippen molar-refractivity contribution in [2.75, 3.05) is 7.11 Å². The first-order chi connectivity index (χ1) is 9.73. The fourth-order valence-corrected chi connectivity index (χ4v) is 2.76. The number of aromatic nitrogens is 4. The lowest BCUT2D eigenvalue weighted by atomic mass is 10.0. The van der Waals surface area contributed by atoms with E-state index in [9.17, 15) is 0 Å². The molecule has 1 unspecified atom stereocenters. The highest BCUT2D eigenvalue weighted by Crippen LogP contribution is 2.40. The summed E-state index contributed by atoms with van der Waals surface area (Å²) in [7, 11) is 1.70. The lowest BCUT2D eigenvalue weighted by Gasteiger charge is -2.22. The molecule has 20 heavy (non-hydrogen) atoms. The third-order valence-electron chi connectivity index (χ3n) is 3.96. The highest BCUT2D eigenvalue weighted by Gasteiger charge is 2.40. The molecule has 1 aliphatic carbocycles. The van der Waals surface area contributed by atoms with Crippen LogP contribution in [0.5, 0.6) is 0 Å². The summed E-state index contributed by atoms with van der Waals surface area (Å²) in [5, 5.41) is 4.07. The summed E-state index contributed by atoms with van der Waals surface area (Å²) in [6.07, 6.45) is 8.05. The molecule has 0 bridgehead atoms. The summed E-state index contributed by atoms with van der Waals surface area (Å²) < 4.78 is 11.0. The van der Waals surface area contributed by atoms with Crippen LogP contribution in [0.3, 0.4) is 0 Å². The minimum Gasteiger partial charge on any atom is -0.370 e. The fraction of sp³-hybridized carbons (Fsp3) is 0.615. The first kappa shape index (κ1) is 13.3. The molecule has 1 fully saturated rings. The van der Waals surface area contributed by atoms with Crippen LogP contribution in [0.15, 0.2) is 17.0 Å². The van der Waals surface area contributed by atoms with Gasteiger partial charge in [0.2, 0.25) is 11.7 Å². The van der Waals surface area contributed by atoms with Crippen LogP contribution in [0.25, 0.3) is 0 Å². The Kier molecular flexibility index (Phi) is 3.54. The van der Waals surface area contributed by atoms with Crippen molar-refractivity contribution in [3.05, 3.63) is 29.9 Å². The molecule has 1 saturated carbocycles. The summed E-state index contributed by atoms with van der Waals surface area (Å²) >= 11 is 0. The van der Waals surface area contributed by atoms with E-state index in [4.69, 9.17) is 15.0 Å². The first-order valence-corrected chi connectivity index (χ1v) is 6.85. The molecule has 0 saturated heterocycles. The van der Waals surface area contributed by atoms with Crippen molar-refractivity contribution in [3.63, 3.8) is 0 Å². The minimum absolute atomic E-state index is 0.341. The quantitative estimate of drug-likeness (QED) is 0.857. The fourth-order valence-electron chi connectivity index (χ4n) is 2.76. The lowest BCUT2D eigenvalue weighted by Crippen LogP contribution is -2.26. The van der Waals surface area contributed by atoms with Gasteiger partial charge in [-0.3, -0.25) is 0 Å². The molecule has 0 amide bonds. The van der Waals surface area contributed by atoms with Crippen molar-refractivity contribution in [1.29, 1.82) is 0 Å². The smallest absolute Gasteiger partial charge is 0.244 e. The Morgan fingerprint density at radius 3 is 2.95 bits per heavy atom. The number of ether oxygens (including phenoxy) is 1. The summed E-state index contributed by atoms with van der Waals surface area (Å²) in [5.41, 5.74) is 6.65. The molecule has 108 valence electrons. The molecule has 0 spiro atoms. The van der Waals surface area contributed by atoms with Crippen LogP contribution in [0.2, 0.25) is 0 Å². The molecule has 2 aromatic heterocycles. The van der Waals surface area contributed by atoms with Gasteiger partial charge in [-0.25, -0.2) is 4.98 Å². The molecule has 7 nitrogen and oxygen atoms in total. The van der Waals surface area contributed by atoms with E-state index in [0.29, 0.717) is 18.1 Å². The van der Waals surface area contributed by atoms with Gasteiger partial charge in [0, 0.05) is 25.4 Å². The minimum atomic E-state index is -0.393. The Morgan fingerprint density at radius 2 is 2.30 bits per heavy atom. The molecular formula is C13H19N5O2. The van der Waals surface area contributed by atoms with Crippen molar-refractivity contribution in [2.24, 2.45) is 5.73 Å². The monoisotopic (exact) mass is 277 g/mol. The van der Waals surface area contributed by atoms with Gasteiger partial charge in [-0.1, -0.05) is 5.16 Å². The SMILES string of the molecule is COC1(c2noc(C(N)Cc3cnc[nH]3)n2)CCCC1. The van der Waals surface area contributed by atoms with Crippen LogP contribution in [0.4, 0.5) is 0 Å². The first-order valence-electron chi connectivity index (χ1n) is 6.85. The van der Waals surface area contributed by atoms with Crippen molar-refractivity contribution in [3.8, 4) is 0 Å². The molecule has 2 aromatic rings. The zero-order chi connectivity index (χ0) is 14.0. The maximum atomic E-state index is 6.10. The Labute approximate surface area is 116 Å². The van der Waals surface area contributed by atoms with Gasteiger partial charge < -0.3 is 20.0 Å². The van der Waals surface area contributed by atoms with Gasteiger partial charge in [-0.2, -0.15) is 4.98 Å². The number of nitrogens with two attached hydrogens (primary N) is 1. The van der Waals surface area contributed by atoms with Gasteiger partial charge in [0.25, 0.3) is 0 Å². The number of imidazole rings is 1. The topological polar surface area (TPSA) is 103 Å². The summed E-state index contributed by atoms with van der Waals surface area (Å²) in [5.74, 6) is 1.06. The number of hydrogen-bond donors (Lipinski definition) is 2. The Bertz CT molecular complexity index is 545. The third-order valence-corrected chi connectivity index (χ3v) is 3.96. The van der Waals surface area contributed by atoms with E-state index < -0.39 is 5.60 Å². The van der Waals surface area contributed by atoms with Crippen LogP contribution in [0.1, 0.15) is 49.1 Å². The summed E-state index contributed by atoms with van der Waals surface area (Å²) in [6, 6.07) is -0.341. The maximum absolute atomic E-state index is 6.10. The summed E-state index contributed by atoms with van der Waals surface area (Å²) in [4.78, 5) is 11.4. The molecule has 1 aliphatic rings. The Morgan fingerprint density at radius 1 is 1.50 bits per heavy atom. The van der Waals surface area contributed by atoms with Crippen LogP contribution in [-0.2, 0) is 16.8 Å². The molecule has 7 heteroatoms. The van der Waals surface area contributed by atoms with Crippen molar-refractivity contribution in [1.82, 2.24) is 20.1 Å². The van der Waals surface area contributed by atoms with E-state index in [0.717, 1.165) is 31.4 Å². The van der Waals surface area contributed by atoms with Gasteiger partial charge in [0.05, 0.1) is 12.4 Å². The number of methoxy groups -OCH3 is 1. The second-order valence-electron chi connectivity index (χ2n) is 5.25. The normalized spacial score (nSPS) is 19.3. The van der Waals surface area contributed by atoms with Gasteiger partial charge in [-0.05, 0) is 25.7 Å². The highest BCUT2D eigenvalue weighted by molar-refractivity contribution is 5.07. The number of nitrogens with one attached hydrogen (secondary N) is 1. The van der Waals surface area contributed by atoms with Crippen LogP contribution >= 0.6 is 0 Å². The number of rotatable bonds is 5. The number of H-pyrrole nitrogens is 1. The highest BCUT2D eigenvalue weighted by atomic mass is 16.5. The van der Waals surface area contributed by atoms with Gasteiger partial charge in [0.1, 0.15) is 5.60 Å². The average Bonchev–Trinajstić information content (AvgIpc) is 3.20. The Balaban J connectivity index is 1.76. The number of aromatic amines is 1. The van der Waals surface area contributed by atoms with Crippen molar-refractivity contribution in [2.45, 2.75) is 43.7 Å². The van der Waals surface area contributed by atoms with E-state index >= 15 is 0 Å². The van der Waals surface area contributed by atoms with Gasteiger partial charge in [0.15, 0.2) is 0 Å². The lowest BCUT2D eigenvalue weighted by molar-refractivity contribution is -0.0178. The van der Waals surface area contributed by atoms with E-state index in [1.807, 2.05) is 0 Å².